The van der Waals surface area contributed by atoms with Crippen LogP contribution in [0.5, 0.6) is 0 Å². The number of unbranched alkanes of at least 4 members (excludes halogenated alkanes) is 1. The van der Waals surface area contributed by atoms with Gasteiger partial charge in [0.15, 0.2) is 0 Å². The van der Waals surface area contributed by atoms with Gasteiger partial charge >= 0.3 is 5.63 Å². The molecule has 2 aromatic carbocycles. The van der Waals surface area contributed by atoms with Crippen LogP contribution in [-0.4, -0.2) is 30.6 Å². The second-order valence-electron chi connectivity index (χ2n) is 8.45. The quantitative estimate of drug-likeness (QED) is 0.477. The number of rotatable bonds is 8. The van der Waals surface area contributed by atoms with Crippen molar-refractivity contribution in [2.24, 2.45) is 0 Å². The van der Waals surface area contributed by atoms with Crippen LogP contribution in [-0.2, 0) is 6.42 Å². The first-order valence-corrected chi connectivity index (χ1v) is 11.5. The van der Waals surface area contributed by atoms with Gasteiger partial charge in [0.2, 0.25) is 0 Å². The van der Waals surface area contributed by atoms with Crippen molar-refractivity contribution >= 4 is 22.7 Å². The average Bonchev–Trinajstić information content (AvgIpc) is 2.79. The van der Waals surface area contributed by atoms with Crippen LogP contribution in [0.2, 0.25) is 0 Å². The van der Waals surface area contributed by atoms with E-state index in [-0.39, 0.29) is 5.63 Å². The monoisotopic (exact) mass is 416 g/mol. The summed E-state index contributed by atoms with van der Waals surface area (Å²) >= 11 is 0. The molecule has 0 spiro atoms. The molecule has 4 heteroatoms. The first-order valence-electron chi connectivity index (χ1n) is 11.5. The average molecular weight is 417 g/mol. The van der Waals surface area contributed by atoms with Crippen LogP contribution >= 0.6 is 0 Å². The lowest BCUT2D eigenvalue weighted by atomic mass is 10.0. The fourth-order valence-corrected chi connectivity index (χ4v) is 4.25. The van der Waals surface area contributed by atoms with E-state index < -0.39 is 0 Å². The number of fused-ring (bicyclic) bond motifs is 1. The third-order valence-electron chi connectivity index (χ3n) is 6.05. The summed E-state index contributed by atoms with van der Waals surface area (Å²) in [6, 6.07) is 18.6. The number of aryl methyl sites for hydroxylation is 1. The van der Waals surface area contributed by atoms with Crippen molar-refractivity contribution in [3.8, 4) is 0 Å². The van der Waals surface area contributed by atoms with Gasteiger partial charge in [0.1, 0.15) is 5.58 Å². The molecule has 0 saturated carbocycles. The first-order chi connectivity index (χ1) is 15.2. The molecule has 0 atom stereocenters. The molecule has 2 heterocycles. The van der Waals surface area contributed by atoms with E-state index in [1.807, 2.05) is 12.1 Å². The van der Waals surface area contributed by atoms with Crippen LogP contribution in [0.1, 0.15) is 43.7 Å². The van der Waals surface area contributed by atoms with Gasteiger partial charge in [-0.15, -0.1) is 0 Å². The van der Waals surface area contributed by atoms with Crippen LogP contribution in [0.3, 0.4) is 0 Å². The van der Waals surface area contributed by atoms with Gasteiger partial charge < -0.3 is 9.73 Å². The van der Waals surface area contributed by atoms with Gasteiger partial charge in [0.25, 0.3) is 0 Å². The Morgan fingerprint density at radius 2 is 1.90 bits per heavy atom. The van der Waals surface area contributed by atoms with Crippen molar-refractivity contribution in [1.29, 1.82) is 0 Å². The lowest BCUT2D eigenvalue weighted by Gasteiger charge is -2.32. The highest BCUT2D eigenvalue weighted by molar-refractivity contribution is 5.90. The number of anilines is 1. The van der Waals surface area contributed by atoms with Gasteiger partial charge in [-0.25, -0.2) is 4.79 Å². The number of benzene rings is 2. The zero-order chi connectivity index (χ0) is 21.5. The molecule has 1 fully saturated rings. The maximum absolute atomic E-state index is 12.1. The molecule has 4 rings (SSSR count). The molecule has 31 heavy (non-hydrogen) atoms. The van der Waals surface area contributed by atoms with Gasteiger partial charge in [-0.3, -0.25) is 4.90 Å². The molecule has 0 unspecified atom stereocenters. The number of hydrogen-bond acceptors (Lipinski definition) is 4. The smallest absolute Gasteiger partial charge is 0.338 e. The second kappa shape index (κ2) is 10.5. The lowest BCUT2D eigenvalue weighted by molar-refractivity contribution is 0.240. The Labute approximate surface area is 184 Å². The summed E-state index contributed by atoms with van der Waals surface area (Å²) in [5.41, 5.74) is 3.82. The minimum absolute atomic E-state index is 0.292. The van der Waals surface area contributed by atoms with E-state index in [2.05, 4.69) is 65.7 Å². The summed E-state index contributed by atoms with van der Waals surface area (Å²) in [5, 5.41) is 4.66. The van der Waals surface area contributed by atoms with Crippen LogP contribution in [0.25, 0.3) is 17.0 Å². The van der Waals surface area contributed by atoms with Gasteiger partial charge in [-0.1, -0.05) is 61.9 Å². The van der Waals surface area contributed by atoms with Crippen molar-refractivity contribution in [2.45, 2.75) is 45.1 Å². The topological polar surface area (TPSA) is 45.5 Å². The highest BCUT2D eigenvalue weighted by Crippen LogP contribution is 2.26. The van der Waals surface area contributed by atoms with E-state index in [0.29, 0.717) is 11.6 Å². The number of hydrogen-bond donors (Lipinski definition) is 1. The Kier molecular flexibility index (Phi) is 7.21. The molecule has 0 radical (unpaired) electrons. The summed E-state index contributed by atoms with van der Waals surface area (Å²) in [5.74, 6) is 0. The van der Waals surface area contributed by atoms with Gasteiger partial charge in [0.05, 0.1) is 5.69 Å². The fourth-order valence-electron chi connectivity index (χ4n) is 4.25. The summed E-state index contributed by atoms with van der Waals surface area (Å²) in [6.07, 6.45) is 9.97. The van der Waals surface area contributed by atoms with Crippen LogP contribution in [0.4, 0.5) is 5.69 Å². The molecule has 0 aliphatic carbocycles. The Balaban J connectivity index is 1.37. The van der Waals surface area contributed by atoms with Gasteiger partial charge in [-0.2, -0.15) is 0 Å². The molecule has 1 aliphatic rings. The molecule has 162 valence electrons. The summed E-state index contributed by atoms with van der Waals surface area (Å²) in [6.45, 7) is 5.28. The third-order valence-corrected chi connectivity index (χ3v) is 6.05. The zero-order valence-electron chi connectivity index (χ0n) is 18.3. The number of nitrogens with zero attached hydrogens (tertiary/aromatic N) is 1. The third kappa shape index (κ3) is 5.86. The molecule has 1 aliphatic heterocycles. The summed E-state index contributed by atoms with van der Waals surface area (Å²) in [7, 11) is 0. The standard InChI is InChI=1S/C27H32N2O2/c1-2-3-8-22-12-13-26-24(19-22)25(20-27(30)31-26)28-23-14-17-29(18-15-23)16-7-11-21-9-5-4-6-10-21/h4-7,9-13,19-20,23,28H,2-3,8,14-18H2,1H3/b11-7+. The van der Waals surface area contributed by atoms with Crippen molar-refractivity contribution < 1.29 is 4.42 Å². The molecule has 3 aromatic rings. The van der Waals surface area contributed by atoms with E-state index in [1.54, 1.807) is 6.07 Å². The number of likely N-dealkylation sites (tertiary alicyclic amines) is 1. The SMILES string of the molecule is CCCCc1ccc2oc(=O)cc(NC3CCN(C/C=C/c4ccccc4)CC3)c2c1. The highest BCUT2D eigenvalue weighted by Gasteiger charge is 2.19. The molecular weight excluding hydrogens is 384 g/mol. The largest absolute Gasteiger partial charge is 0.423 e. The Bertz CT molecular complexity index is 1060. The Morgan fingerprint density at radius 1 is 1.10 bits per heavy atom. The van der Waals surface area contributed by atoms with Crippen molar-refractivity contribution in [3.63, 3.8) is 0 Å². The Hall–Kier alpha value is -2.85. The normalized spacial score (nSPS) is 15.6. The molecule has 0 bridgehead atoms. The maximum Gasteiger partial charge on any atom is 0.338 e. The van der Waals surface area contributed by atoms with E-state index in [0.717, 1.165) is 50.0 Å². The molecule has 1 saturated heterocycles. The molecule has 4 nitrogen and oxygen atoms in total. The fraction of sp³-hybridized carbons (Fsp3) is 0.370. The van der Waals surface area contributed by atoms with Crippen LogP contribution in [0, 0.1) is 0 Å². The van der Waals surface area contributed by atoms with E-state index in [9.17, 15) is 4.79 Å². The van der Waals surface area contributed by atoms with Crippen LogP contribution < -0.4 is 10.9 Å². The molecular formula is C27H32N2O2. The highest BCUT2D eigenvalue weighted by atomic mass is 16.4. The first kappa shape index (κ1) is 21.4. The molecule has 1 N–H and O–H groups in total. The predicted molar refractivity (Wildman–Crippen MR) is 130 cm³/mol. The van der Waals surface area contributed by atoms with Gasteiger partial charge in [0, 0.05) is 37.1 Å². The molecule has 0 amide bonds. The summed E-state index contributed by atoms with van der Waals surface area (Å²) in [4.78, 5) is 14.6. The number of nitrogens with one attached hydrogen (secondary N) is 1. The maximum atomic E-state index is 12.1. The lowest BCUT2D eigenvalue weighted by Crippen LogP contribution is -2.39. The van der Waals surface area contributed by atoms with E-state index >= 15 is 0 Å². The zero-order valence-corrected chi connectivity index (χ0v) is 18.3. The van der Waals surface area contributed by atoms with E-state index in [1.165, 1.54) is 24.0 Å². The second-order valence-corrected chi connectivity index (χ2v) is 8.45. The van der Waals surface area contributed by atoms with Crippen molar-refractivity contribution in [3.05, 3.63) is 82.2 Å². The molecule has 1 aromatic heterocycles. The Morgan fingerprint density at radius 3 is 2.68 bits per heavy atom. The minimum Gasteiger partial charge on any atom is -0.423 e. The van der Waals surface area contributed by atoms with Gasteiger partial charge in [-0.05, 0) is 48.9 Å². The van der Waals surface area contributed by atoms with Crippen molar-refractivity contribution in [1.82, 2.24) is 4.90 Å². The van der Waals surface area contributed by atoms with E-state index in [4.69, 9.17) is 4.42 Å². The minimum atomic E-state index is -0.292. The van der Waals surface area contributed by atoms with Crippen LogP contribution in [0.15, 0.2) is 69.9 Å². The van der Waals surface area contributed by atoms with Crippen molar-refractivity contribution in [2.75, 3.05) is 25.0 Å². The summed E-state index contributed by atoms with van der Waals surface area (Å²) < 4.78 is 5.44. The predicted octanol–water partition coefficient (Wildman–Crippen LogP) is 5.73. The number of piperidine rings is 1.